The molecule has 1 aromatic heterocycles. The summed E-state index contributed by atoms with van der Waals surface area (Å²) in [4.78, 5) is 3.84. The van der Waals surface area contributed by atoms with E-state index in [4.69, 9.17) is 23.2 Å². The van der Waals surface area contributed by atoms with Gasteiger partial charge >= 0.3 is 0 Å². The number of rotatable bonds is 2. The van der Waals surface area contributed by atoms with Gasteiger partial charge in [-0.05, 0) is 5.57 Å². The van der Waals surface area contributed by atoms with Gasteiger partial charge in [-0.15, -0.1) is 0 Å². The van der Waals surface area contributed by atoms with E-state index in [0.29, 0.717) is 15.4 Å². The summed E-state index contributed by atoms with van der Waals surface area (Å²) >= 11 is 15.0. The first-order chi connectivity index (χ1) is 5.66. The fourth-order valence-electron chi connectivity index (χ4n) is 0.816. The summed E-state index contributed by atoms with van der Waals surface area (Å²) in [6.07, 6.45) is 3.10. The molecular weight excluding hydrogens is 261 g/mol. The van der Waals surface area contributed by atoms with Gasteiger partial charge in [0.05, 0.1) is 10.0 Å². The second kappa shape index (κ2) is 4.26. The molecule has 0 aliphatic carbocycles. The molecular formula is C8H6BrCl2N. The molecule has 0 unspecified atom stereocenters. The first-order valence-electron chi connectivity index (χ1n) is 3.20. The average Bonchev–Trinajstić information content (AvgIpc) is 2.03. The average molecular weight is 267 g/mol. The fraction of sp³-hybridized carbons (Fsp3) is 0.125. The highest BCUT2D eigenvalue weighted by molar-refractivity contribution is 9.09. The predicted molar refractivity (Wildman–Crippen MR) is 57.1 cm³/mol. The van der Waals surface area contributed by atoms with Gasteiger partial charge in [0.2, 0.25) is 0 Å². The summed E-state index contributed by atoms with van der Waals surface area (Å²) in [7, 11) is 0. The van der Waals surface area contributed by atoms with Gasteiger partial charge in [-0.1, -0.05) is 45.7 Å². The maximum atomic E-state index is 5.87. The molecule has 0 bridgehead atoms. The van der Waals surface area contributed by atoms with E-state index in [-0.39, 0.29) is 0 Å². The van der Waals surface area contributed by atoms with Crippen LogP contribution in [0.2, 0.25) is 10.0 Å². The van der Waals surface area contributed by atoms with Crippen LogP contribution >= 0.6 is 39.1 Å². The standard InChI is InChI=1S/C8H6BrCl2N/c1-5(2-9)8-6(10)3-12-4-7(8)11/h3-4H,1-2H2. The predicted octanol–water partition coefficient (Wildman–Crippen LogP) is 3.80. The molecule has 1 aromatic rings. The van der Waals surface area contributed by atoms with Gasteiger partial charge in [0.1, 0.15) is 0 Å². The summed E-state index contributed by atoms with van der Waals surface area (Å²) in [5, 5.41) is 1.72. The highest BCUT2D eigenvalue weighted by atomic mass is 79.9. The number of allylic oxidation sites excluding steroid dienone is 1. The van der Waals surface area contributed by atoms with E-state index >= 15 is 0 Å². The number of alkyl halides is 1. The van der Waals surface area contributed by atoms with Crippen LogP contribution in [0.4, 0.5) is 0 Å². The van der Waals surface area contributed by atoms with E-state index in [2.05, 4.69) is 27.5 Å². The number of halogens is 3. The van der Waals surface area contributed by atoms with Crippen molar-refractivity contribution in [1.82, 2.24) is 4.98 Å². The minimum absolute atomic E-state index is 0.534. The third kappa shape index (κ3) is 2.00. The van der Waals surface area contributed by atoms with Gasteiger partial charge in [0, 0.05) is 23.3 Å². The van der Waals surface area contributed by atoms with Crippen molar-refractivity contribution >= 4 is 44.7 Å². The molecule has 0 aliphatic rings. The van der Waals surface area contributed by atoms with E-state index in [9.17, 15) is 0 Å². The minimum atomic E-state index is 0.534. The fourth-order valence-corrected chi connectivity index (χ4v) is 1.73. The molecule has 4 heteroatoms. The Hall–Kier alpha value is -0.0500. The third-order valence-corrected chi connectivity index (χ3v) is 2.62. The maximum Gasteiger partial charge on any atom is 0.0679 e. The van der Waals surface area contributed by atoms with Crippen molar-refractivity contribution in [1.29, 1.82) is 0 Å². The van der Waals surface area contributed by atoms with Gasteiger partial charge in [0.15, 0.2) is 0 Å². The van der Waals surface area contributed by atoms with Crippen LogP contribution in [-0.4, -0.2) is 10.3 Å². The summed E-state index contributed by atoms with van der Waals surface area (Å²) in [5.41, 5.74) is 1.62. The summed E-state index contributed by atoms with van der Waals surface area (Å²) in [5.74, 6) is 0. The van der Waals surface area contributed by atoms with E-state index in [0.717, 1.165) is 11.1 Å². The lowest BCUT2D eigenvalue weighted by molar-refractivity contribution is 1.31. The zero-order valence-corrected chi connectivity index (χ0v) is 9.25. The van der Waals surface area contributed by atoms with Crippen molar-refractivity contribution in [2.75, 3.05) is 5.33 Å². The molecule has 0 N–H and O–H groups in total. The maximum absolute atomic E-state index is 5.87. The third-order valence-electron chi connectivity index (χ3n) is 1.37. The molecule has 0 atom stereocenters. The lowest BCUT2D eigenvalue weighted by atomic mass is 10.1. The van der Waals surface area contributed by atoms with E-state index in [1.165, 1.54) is 0 Å². The topological polar surface area (TPSA) is 12.9 Å². The number of nitrogens with zero attached hydrogens (tertiary/aromatic N) is 1. The highest BCUT2D eigenvalue weighted by Crippen LogP contribution is 2.29. The SMILES string of the molecule is C=C(CBr)c1c(Cl)cncc1Cl. The van der Waals surface area contributed by atoms with Crippen molar-refractivity contribution in [3.8, 4) is 0 Å². The van der Waals surface area contributed by atoms with Gasteiger partial charge in [-0.2, -0.15) is 0 Å². The second-order valence-electron chi connectivity index (χ2n) is 2.22. The van der Waals surface area contributed by atoms with Crippen molar-refractivity contribution in [2.24, 2.45) is 0 Å². The van der Waals surface area contributed by atoms with Crippen LogP contribution in [0.1, 0.15) is 5.56 Å². The number of aromatic nitrogens is 1. The molecule has 1 nitrogen and oxygen atoms in total. The van der Waals surface area contributed by atoms with Gasteiger partial charge in [-0.3, -0.25) is 4.98 Å². The smallest absolute Gasteiger partial charge is 0.0679 e. The van der Waals surface area contributed by atoms with E-state index in [1.807, 2.05) is 0 Å². The largest absolute Gasteiger partial charge is 0.262 e. The minimum Gasteiger partial charge on any atom is -0.262 e. The lowest BCUT2D eigenvalue weighted by Gasteiger charge is -2.05. The second-order valence-corrected chi connectivity index (χ2v) is 3.59. The molecule has 64 valence electrons. The summed E-state index contributed by atoms with van der Waals surface area (Å²) in [6.45, 7) is 3.82. The Morgan fingerprint density at radius 3 is 2.33 bits per heavy atom. The van der Waals surface area contributed by atoms with Crippen molar-refractivity contribution < 1.29 is 0 Å². The molecule has 0 aliphatic heterocycles. The molecule has 12 heavy (non-hydrogen) atoms. The zero-order chi connectivity index (χ0) is 9.14. The summed E-state index contributed by atoms with van der Waals surface area (Å²) < 4.78 is 0. The van der Waals surface area contributed by atoms with Crippen LogP contribution in [0.25, 0.3) is 5.57 Å². The van der Waals surface area contributed by atoms with Gasteiger partial charge in [-0.25, -0.2) is 0 Å². The first-order valence-corrected chi connectivity index (χ1v) is 5.07. The first kappa shape index (κ1) is 10.0. The molecule has 0 aromatic carbocycles. The van der Waals surface area contributed by atoms with Crippen LogP contribution < -0.4 is 0 Å². The Bertz CT molecular complexity index is 292. The zero-order valence-electron chi connectivity index (χ0n) is 6.15. The molecule has 0 spiro atoms. The van der Waals surface area contributed by atoms with Crippen LogP contribution in [-0.2, 0) is 0 Å². The molecule has 0 saturated heterocycles. The highest BCUT2D eigenvalue weighted by Gasteiger charge is 2.07. The van der Waals surface area contributed by atoms with Crippen molar-refractivity contribution in [2.45, 2.75) is 0 Å². The number of hydrogen-bond acceptors (Lipinski definition) is 1. The van der Waals surface area contributed by atoms with Crippen LogP contribution in [0.5, 0.6) is 0 Å². The quantitative estimate of drug-likeness (QED) is 0.742. The monoisotopic (exact) mass is 265 g/mol. The van der Waals surface area contributed by atoms with Gasteiger partial charge in [0.25, 0.3) is 0 Å². The van der Waals surface area contributed by atoms with Crippen molar-refractivity contribution in [3.05, 3.63) is 34.6 Å². The molecule has 1 heterocycles. The molecule has 1 rings (SSSR count). The number of hydrogen-bond donors (Lipinski definition) is 0. The summed E-state index contributed by atoms with van der Waals surface area (Å²) in [6, 6.07) is 0. The van der Waals surface area contributed by atoms with Crippen molar-refractivity contribution in [3.63, 3.8) is 0 Å². The van der Waals surface area contributed by atoms with Crippen LogP contribution in [0.3, 0.4) is 0 Å². The Morgan fingerprint density at radius 2 is 1.92 bits per heavy atom. The Labute approximate surface area is 89.5 Å². The Morgan fingerprint density at radius 1 is 1.42 bits per heavy atom. The van der Waals surface area contributed by atoms with E-state index < -0.39 is 0 Å². The Balaban J connectivity index is 3.21. The van der Waals surface area contributed by atoms with E-state index in [1.54, 1.807) is 12.4 Å². The molecule has 0 saturated carbocycles. The number of pyridine rings is 1. The van der Waals surface area contributed by atoms with Crippen LogP contribution in [0, 0.1) is 0 Å². The Kier molecular flexibility index (Phi) is 3.56. The molecule has 0 amide bonds. The lowest BCUT2D eigenvalue weighted by Crippen LogP contribution is -1.88. The molecule has 0 fully saturated rings. The van der Waals surface area contributed by atoms with Gasteiger partial charge < -0.3 is 0 Å². The molecule has 0 radical (unpaired) electrons. The normalized spacial score (nSPS) is 9.92. The van der Waals surface area contributed by atoms with Crippen LogP contribution in [0.15, 0.2) is 19.0 Å².